The average Bonchev–Trinajstić information content (AvgIpc) is 2.58. The predicted molar refractivity (Wildman–Crippen MR) is 107 cm³/mol. The first-order valence-electron chi connectivity index (χ1n) is 8.70. The van der Waals surface area contributed by atoms with Gasteiger partial charge in [-0.15, -0.1) is 0 Å². The van der Waals surface area contributed by atoms with Crippen molar-refractivity contribution in [3.8, 4) is 0 Å². The second kappa shape index (κ2) is 11.6. The molecule has 0 saturated heterocycles. The van der Waals surface area contributed by atoms with Gasteiger partial charge in [0, 0.05) is 25.4 Å². The summed E-state index contributed by atoms with van der Waals surface area (Å²) < 4.78 is 10.4. The Balaban J connectivity index is 2.06. The Labute approximate surface area is 160 Å². The molecule has 0 saturated carbocycles. The highest BCUT2D eigenvalue weighted by molar-refractivity contribution is 7.99. The Morgan fingerprint density at radius 3 is 2.50 bits per heavy atom. The summed E-state index contributed by atoms with van der Waals surface area (Å²) in [6, 6.07) is 9.61. The minimum Gasteiger partial charge on any atom is -0.462 e. The van der Waals surface area contributed by atoms with Crippen LogP contribution in [0, 0.1) is 0 Å². The van der Waals surface area contributed by atoms with Crippen molar-refractivity contribution in [1.82, 2.24) is 4.90 Å². The van der Waals surface area contributed by atoms with E-state index < -0.39 is 5.60 Å². The lowest BCUT2D eigenvalue weighted by Gasteiger charge is -2.24. The fourth-order valence-electron chi connectivity index (χ4n) is 1.91. The van der Waals surface area contributed by atoms with Gasteiger partial charge in [0.2, 0.25) is 0 Å². The Hall–Kier alpha value is -1.95. The monoisotopic (exact) mass is 379 g/mol. The van der Waals surface area contributed by atoms with E-state index >= 15 is 0 Å². The molecule has 0 unspecified atom stereocenters. The number of thioether (sulfide) groups is 1. The third kappa shape index (κ3) is 10.8. The Morgan fingerprint density at radius 2 is 1.85 bits per heavy atom. The highest BCUT2D eigenvalue weighted by Gasteiger charge is 2.18. The van der Waals surface area contributed by atoms with E-state index in [1.165, 1.54) is 6.08 Å². The van der Waals surface area contributed by atoms with Crippen LogP contribution >= 0.6 is 11.8 Å². The number of ether oxygens (including phenoxy) is 2. The summed E-state index contributed by atoms with van der Waals surface area (Å²) in [7, 11) is 1.74. The minimum absolute atomic E-state index is 0.304. The Bertz CT molecular complexity index is 581. The zero-order valence-corrected chi connectivity index (χ0v) is 16.9. The van der Waals surface area contributed by atoms with Crippen LogP contribution in [0.2, 0.25) is 0 Å². The third-order valence-electron chi connectivity index (χ3n) is 3.17. The number of rotatable bonds is 9. The first-order valence-corrected chi connectivity index (χ1v) is 9.85. The molecule has 0 aliphatic rings. The lowest BCUT2D eigenvalue weighted by atomic mass is 10.2. The van der Waals surface area contributed by atoms with Gasteiger partial charge in [-0.25, -0.2) is 9.59 Å². The maximum atomic E-state index is 11.8. The molecule has 144 valence electrons. The van der Waals surface area contributed by atoms with Gasteiger partial charge in [-0.1, -0.05) is 30.3 Å². The molecule has 0 radical (unpaired) electrons. The van der Waals surface area contributed by atoms with Gasteiger partial charge < -0.3 is 14.4 Å². The molecule has 0 N–H and O–H groups in total. The second-order valence-corrected chi connectivity index (χ2v) is 8.00. The van der Waals surface area contributed by atoms with Crippen LogP contribution in [0.4, 0.5) is 4.79 Å². The van der Waals surface area contributed by atoms with E-state index in [1.54, 1.807) is 29.8 Å². The van der Waals surface area contributed by atoms with Crippen molar-refractivity contribution in [2.24, 2.45) is 0 Å². The van der Waals surface area contributed by atoms with Crippen molar-refractivity contribution in [3.63, 3.8) is 0 Å². The molecule has 5 nitrogen and oxygen atoms in total. The van der Waals surface area contributed by atoms with Gasteiger partial charge in [-0.2, -0.15) is 11.8 Å². The van der Waals surface area contributed by atoms with Crippen molar-refractivity contribution in [1.29, 1.82) is 0 Å². The maximum Gasteiger partial charge on any atom is 0.410 e. The van der Waals surface area contributed by atoms with Crippen molar-refractivity contribution in [3.05, 3.63) is 42.0 Å². The smallest absolute Gasteiger partial charge is 0.410 e. The van der Waals surface area contributed by atoms with E-state index in [9.17, 15) is 9.59 Å². The maximum absolute atomic E-state index is 11.8. The molecule has 0 aliphatic carbocycles. The molecule has 1 aromatic carbocycles. The van der Waals surface area contributed by atoms with E-state index in [2.05, 4.69) is 0 Å². The summed E-state index contributed by atoms with van der Waals surface area (Å²) >= 11 is 1.70. The molecule has 1 rings (SSSR count). The number of hydrogen-bond donors (Lipinski definition) is 0. The largest absolute Gasteiger partial charge is 0.462 e. The van der Waals surface area contributed by atoms with Gasteiger partial charge in [0.15, 0.2) is 0 Å². The summed E-state index contributed by atoms with van der Waals surface area (Å²) in [5.74, 6) is 1.30. The van der Waals surface area contributed by atoms with Crippen molar-refractivity contribution >= 4 is 29.9 Å². The highest BCUT2D eigenvalue weighted by atomic mass is 32.2. The number of esters is 1. The molecule has 0 fully saturated rings. The normalized spacial score (nSPS) is 11.4. The summed E-state index contributed by atoms with van der Waals surface area (Å²) in [5, 5.41) is 0. The fraction of sp³-hybridized carbons (Fsp3) is 0.500. The molecule has 6 heteroatoms. The van der Waals surface area contributed by atoms with Crippen LogP contribution in [0.3, 0.4) is 0 Å². The number of nitrogens with zero attached hydrogens (tertiary/aromatic N) is 1. The lowest BCUT2D eigenvalue weighted by Crippen LogP contribution is -2.34. The molecule has 0 aromatic heterocycles. The van der Waals surface area contributed by atoms with E-state index in [0.29, 0.717) is 13.2 Å². The van der Waals surface area contributed by atoms with Crippen LogP contribution in [0.1, 0.15) is 32.8 Å². The Kier molecular flexibility index (Phi) is 9.88. The predicted octanol–water partition coefficient (Wildman–Crippen LogP) is 4.23. The second-order valence-electron chi connectivity index (χ2n) is 6.78. The number of carbonyl (C=O) groups is 2. The number of amides is 1. The number of carbonyl (C=O) groups excluding carboxylic acids is 2. The molecule has 0 spiro atoms. The molecule has 0 bridgehead atoms. The van der Waals surface area contributed by atoms with Crippen molar-refractivity contribution < 1.29 is 19.1 Å². The number of benzene rings is 1. The van der Waals surface area contributed by atoms with E-state index in [0.717, 1.165) is 23.5 Å². The molecule has 0 atom stereocenters. The molecular formula is C20H29NO4S. The van der Waals surface area contributed by atoms with Gasteiger partial charge in [-0.05, 0) is 44.6 Å². The van der Waals surface area contributed by atoms with E-state index in [1.807, 2.05) is 51.1 Å². The lowest BCUT2D eigenvalue weighted by molar-refractivity contribution is -0.137. The molecular weight excluding hydrogens is 350 g/mol. The fourth-order valence-corrected chi connectivity index (χ4v) is 2.65. The van der Waals surface area contributed by atoms with Crippen LogP contribution in [-0.4, -0.2) is 54.3 Å². The Morgan fingerprint density at radius 1 is 1.15 bits per heavy atom. The summed E-state index contributed by atoms with van der Waals surface area (Å²) in [6.45, 7) is 6.58. The van der Waals surface area contributed by atoms with Crippen LogP contribution in [0.25, 0.3) is 6.08 Å². The summed E-state index contributed by atoms with van der Waals surface area (Å²) in [6.07, 6.45) is 3.74. The SMILES string of the molecule is CN(CCCSCCOC(=O)/C=C/c1ccccc1)C(=O)OC(C)(C)C. The minimum atomic E-state index is -0.473. The standard InChI is InChI=1S/C20H29NO4S/c1-20(2,3)25-19(23)21(4)13-8-15-26-16-14-24-18(22)12-11-17-9-6-5-7-10-17/h5-7,9-12H,8,13-16H2,1-4H3/b12-11+. The third-order valence-corrected chi connectivity index (χ3v) is 4.20. The summed E-state index contributed by atoms with van der Waals surface area (Å²) in [5.41, 5.74) is 0.492. The zero-order chi connectivity index (χ0) is 19.4. The quantitative estimate of drug-likeness (QED) is 0.365. The molecule has 1 amide bonds. The molecule has 0 aliphatic heterocycles. The zero-order valence-electron chi connectivity index (χ0n) is 16.1. The average molecular weight is 380 g/mol. The van der Waals surface area contributed by atoms with Crippen LogP contribution < -0.4 is 0 Å². The van der Waals surface area contributed by atoms with Crippen LogP contribution in [0.5, 0.6) is 0 Å². The van der Waals surface area contributed by atoms with Crippen LogP contribution in [0.15, 0.2) is 36.4 Å². The van der Waals surface area contributed by atoms with E-state index in [4.69, 9.17) is 9.47 Å². The van der Waals surface area contributed by atoms with Crippen LogP contribution in [-0.2, 0) is 14.3 Å². The molecule has 1 aromatic rings. The first-order chi connectivity index (χ1) is 12.3. The van der Waals surface area contributed by atoms with Gasteiger partial charge >= 0.3 is 12.1 Å². The van der Waals surface area contributed by atoms with Crippen molar-refractivity contribution in [2.75, 3.05) is 31.7 Å². The van der Waals surface area contributed by atoms with Gasteiger partial charge in [0.1, 0.15) is 12.2 Å². The topological polar surface area (TPSA) is 55.8 Å². The highest BCUT2D eigenvalue weighted by Crippen LogP contribution is 2.10. The van der Waals surface area contributed by atoms with Crippen molar-refractivity contribution in [2.45, 2.75) is 32.8 Å². The van der Waals surface area contributed by atoms with Gasteiger partial charge in [-0.3, -0.25) is 0 Å². The molecule has 0 heterocycles. The number of hydrogen-bond acceptors (Lipinski definition) is 5. The van der Waals surface area contributed by atoms with E-state index in [-0.39, 0.29) is 12.1 Å². The summed E-state index contributed by atoms with van der Waals surface area (Å²) in [4.78, 5) is 25.0. The molecule has 26 heavy (non-hydrogen) atoms. The first kappa shape index (κ1) is 22.1. The van der Waals surface area contributed by atoms with Gasteiger partial charge in [0.25, 0.3) is 0 Å². The van der Waals surface area contributed by atoms with Gasteiger partial charge in [0.05, 0.1) is 0 Å².